The van der Waals surface area contributed by atoms with Crippen molar-refractivity contribution in [3.8, 4) is 28.1 Å². The van der Waals surface area contributed by atoms with Gasteiger partial charge >= 0.3 is 0 Å². The molecule has 7 rings (SSSR count). The molecule has 5 aromatic carbocycles. The maximum absolute atomic E-state index is 3.68. The van der Waals surface area contributed by atoms with Gasteiger partial charge in [-0.05, 0) is 47.5 Å². The summed E-state index contributed by atoms with van der Waals surface area (Å²) < 4.78 is 2.35. The standard InChI is InChI=1S/C32H22N2/c1-3-9-22(10-4-1)23-15-17-27-28-18-16-25(20-30(28)33-29(27)19-23)32-21-24-11-7-8-14-31(24)34(32)26-12-5-2-6-13-26/h1-21,33H. The highest BCUT2D eigenvalue weighted by molar-refractivity contribution is 6.09. The van der Waals surface area contributed by atoms with Crippen molar-refractivity contribution in [2.75, 3.05) is 0 Å². The van der Waals surface area contributed by atoms with Gasteiger partial charge in [-0.3, -0.25) is 0 Å². The Morgan fingerprint density at radius 2 is 1.09 bits per heavy atom. The summed E-state index contributed by atoms with van der Waals surface area (Å²) in [5, 5.41) is 3.75. The molecular formula is C32H22N2. The van der Waals surface area contributed by atoms with Gasteiger partial charge < -0.3 is 9.55 Å². The van der Waals surface area contributed by atoms with E-state index in [0.717, 1.165) is 11.0 Å². The molecule has 2 nitrogen and oxygen atoms in total. The van der Waals surface area contributed by atoms with E-state index in [9.17, 15) is 0 Å². The van der Waals surface area contributed by atoms with Crippen molar-refractivity contribution in [3.63, 3.8) is 0 Å². The maximum Gasteiger partial charge on any atom is 0.0541 e. The van der Waals surface area contributed by atoms with E-state index < -0.39 is 0 Å². The first kappa shape index (κ1) is 19.0. The van der Waals surface area contributed by atoms with Gasteiger partial charge in [-0.1, -0.05) is 91.0 Å². The Labute approximate surface area is 197 Å². The molecular weight excluding hydrogens is 412 g/mol. The van der Waals surface area contributed by atoms with Gasteiger partial charge in [0.25, 0.3) is 0 Å². The Morgan fingerprint density at radius 1 is 0.471 bits per heavy atom. The molecule has 0 aliphatic carbocycles. The summed E-state index contributed by atoms with van der Waals surface area (Å²) in [7, 11) is 0. The highest BCUT2D eigenvalue weighted by Gasteiger charge is 2.14. The third kappa shape index (κ3) is 2.96. The van der Waals surface area contributed by atoms with Crippen LogP contribution in [0.25, 0.3) is 60.8 Å². The van der Waals surface area contributed by atoms with Gasteiger partial charge in [-0.15, -0.1) is 0 Å². The fourth-order valence-electron chi connectivity index (χ4n) is 5.10. The number of fused-ring (bicyclic) bond motifs is 4. The zero-order chi connectivity index (χ0) is 22.5. The van der Waals surface area contributed by atoms with Crippen molar-refractivity contribution in [1.29, 1.82) is 0 Å². The molecule has 0 atom stereocenters. The second-order valence-corrected chi connectivity index (χ2v) is 8.77. The van der Waals surface area contributed by atoms with Crippen molar-refractivity contribution in [2.45, 2.75) is 0 Å². The molecule has 34 heavy (non-hydrogen) atoms. The summed E-state index contributed by atoms with van der Waals surface area (Å²) in [4.78, 5) is 3.68. The number of H-pyrrole nitrogens is 1. The Kier molecular flexibility index (Phi) is 4.18. The largest absolute Gasteiger partial charge is 0.354 e. The normalized spacial score (nSPS) is 11.5. The minimum atomic E-state index is 1.16. The molecule has 160 valence electrons. The second-order valence-electron chi connectivity index (χ2n) is 8.77. The van der Waals surface area contributed by atoms with Crippen LogP contribution in [-0.4, -0.2) is 9.55 Å². The molecule has 0 unspecified atom stereocenters. The van der Waals surface area contributed by atoms with Crippen LogP contribution in [0, 0.1) is 0 Å². The maximum atomic E-state index is 3.68. The molecule has 2 heterocycles. The van der Waals surface area contributed by atoms with Crippen molar-refractivity contribution < 1.29 is 0 Å². The van der Waals surface area contributed by atoms with E-state index in [-0.39, 0.29) is 0 Å². The van der Waals surface area contributed by atoms with Crippen molar-refractivity contribution >= 4 is 32.7 Å². The molecule has 0 radical (unpaired) electrons. The van der Waals surface area contributed by atoms with Crippen LogP contribution in [0.1, 0.15) is 0 Å². The fraction of sp³-hybridized carbons (Fsp3) is 0. The Morgan fingerprint density at radius 3 is 1.85 bits per heavy atom. The van der Waals surface area contributed by atoms with Crippen LogP contribution in [-0.2, 0) is 0 Å². The highest BCUT2D eigenvalue weighted by Crippen LogP contribution is 2.35. The summed E-state index contributed by atoms with van der Waals surface area (Å²) in [5.74, 6) is 0. The van der Waals surface area contributed by atoms with Crippen LogP contribution in [0.15, 0.2) is 127 Å². The zero-order valence-electron chi connectivity index (χ0n) is 18.6. The number of nitrogens with zero attached hydrogens (tertiary/aromatic N) is 1. The molecule has 0 saturated heterocycles. The van der Waals surface area contributed by atoms with Crippen LogP contribution < -0.4 is 0 Å². The molecule has 0 bridgehead atoms. The monoisotopic (exact) mass is 434 g/mol. The van der Waals surface area contributed by atoms with E-state index >= 15 is 0 Å². The van der Waals surface area contributed by atoms with Gasteiger partial charge in [0, 0.05) is 38.4 Å². The zero-order valence-corrected chi connectivity index (χ0v) is 18.6. The summed E-state index contributed by atoms with van der Waals surface area (Å²) in [6.45, 7) is 0. The first-order valence-electron chi connectivity index (χ1n) is 11.6. The topological polar surface area (TPSA) is 20.7 Å². The predicted octanol–water partition coefficient (Wildman–Crippen LogP) is 8.60. The summed E-state index contributed by atoms with van der Waals surface area (Å²) in [5.41, 5.74) is 9.55. The molecule has 0 saturated carbocycles. The van der Waals surface area contributed by atoms with Crippen LogP contribution in [0.5, 0.6) is 0 Å². The van der Waals surface area contributed by atoms with E-state index in [4.69, 9.17) is 0 Å². The van der Waals surface area contributed by atoms with Crippen molar-refractivity contribution in [1.82, 2.24) is 9.55 Å². The first-order chi connectivity index (χ1) is 16.8. The molecule has 0 aliphatic heterocycles. The van der Waals surface area contributed by atoms with Gasteiger partial charge in [-0.2, -0.15) is 0 Å². The average Bonchev–Trinajstić information content (AvgIpc) is 3.47. The van der Waals surface area contributed by atoms with E-state index in [1.54, 1.807) is 0 Å². The predicted molar refractivity (Wildman–Crippen MR) is 144 cm³/mol. The molecule has 0 fully saturated rings. The minimum Gasteiger partial charge on any atom is -0.354 e. The van der Waals surface area contributed by atoms with Crippen molar-refractivity contribution in [3.05, 3.63) is 127 Å². The van der Waals surface area contributed by atoms with E-state index in [1.807, 2.05) is 0 Å². The summed E-state index contributed by atoms with van der Waals surface area (Å²) in [6, 6.07) is 45.5. The average molecular weight is 435 g/mol. The van der Waals surface area contributed by atoms with E-state index in [1.165, 1.54) is 49.7 Å². The number of aromatic amines is 1. The Bertz CT molecular complexity index is 1790. The SMILES string of the molecule is c1ccc(-c2ccc3c(c2)[nH]c2cc(-c4cc5ccccc5n4-c4ccccc4)ccc23)cc1. The van der Waals surface area contributed by atoms with E-state index in [0.29, 0.717) is 0 Å². The van der Waals surface area contributed by atoms with Gasteiger partial charge in [0.05, 0.1) is 11.2 Å². The lowest BCUT2D eigenvalue weighted by molar-refractivity contribution is 1.13. The number of rotatable bonds is 3. The summed E-state index contributed by atoms with van der Waals surface area (Å²) in [6.07, 6.45) is 0. The number of nitrogens with one attached hydrogen (secondary N) is 1. The molecule has 2 heteroatoms. The molecule has 0 spiro atoms. The third-order valence-electron chi connectivity index (χ3n) is 6.73. The van der Waals surface area contributed by atoms with Crippen LogP contribution >= 0.6 is 0 Å². The lowest BCUT2D eigenvalue weighted by Gasteiger charge is -2.11. The Hall–Kier alpha value is -4.56. The van der Waals surface area contributed by atoms with Gasteiger partial charge in [0.2, 0.25) is 0 Å². The lowest BCUT2D eigenvalue weighted by atomic mass is 10.0. The molecule has 0 amide bonds. The third-order valence-corrected chi connectivity index (χ3v) is 6.73. The molecule has 0 aliphatic rings. The van der Waals surface area contributed by atoms with Gasteiger partial charge in [0.1, 0.15) is 0 Å². The number of aromatic nitrogens is 2. The van der Waals surface area contributed by atoms with Gasteiger partial charge in [-0.25, -0.2) is 0 Å². The van der Waals surface area contributed by atoms with Crippen LogP contribution in [0.3, 0.4) is 0 Å². The van der Waals surface area contributed by atoms with Crippen LogP contribution in [0.2, 0.25) is 0 Å². The lowest BCUT2D eigenvalue weighted by Crippen LogP contribution is -1.96. The molecule has 2 aromatic heterocycles. The number of hydrogen-bond acceptors (Lipinski definition) is 0. The summed E-state index contributed by atoms with van der Waals surface area (Å²) >= 11 is 0. The number of para-hydroxylation sites is 2. The Balaban J connectivity index is 1.42. The van der Waals surface area contributed by atoms with E-state index in [2.05, 4.69) is 137 Å². The quantitative estimate of drug-likeness (QED) is 0.287. The number of hydrogen-bond donors (Lipinski definition) is 1. The van der Waals surface area contributed by atoms with Gasteiger partial charge in [0.15, 0.2) is 0 Å². The fourth-order valence-corrected chi connectivity index (χ4v) is 5.10. The first-order valence-corrected chi connectivity index (χ1v) is 11.6. The van der Waals surface area contributed by atoms with Crippen molar-refractivity contribution in [2.24, 2.45) is 0 Å². The molecule has 7 aromatic rings. The number of benzene rings is 5. The van der Waals surface area contributed by atoms with Crippen LogP contribution in [0.4, 0.5) is 0 Å². The highest BCUT2D eigenvalue weighted by atomic mass is 15.0. The smallest absolute Gasteiger partial charge is 0.0541 e. The second kappa shape index (κ2) is 7.50. The minimum absolute atomic E-state index is 1.16. The molecule has 1 N–H and O–H groups in total.